The molecule has 0 radical (unpaired) electrons. The molecule has 0 spiro atoms. The number of benzene rings is 4. The molecule has 0 saturated carbocycles. The van der Waals surface area contributed by atoms with Crippen molar-refractivity contribution in [1.29, 1.82) is 0 Å². The third-order valence-electron chi connectivity index (χ3n) is 5.50. The minimum absolute atomic E-state index is 0.000816. The van der Waals surface area contributed by atoms with Gasteiger partial charge in [0.15, 0.2) is 5.82 Å². The van der Waals surface area contributed by atoms with Crippen molar-refractivity contribution in [3.8, 4) is 5.75 Å². The molecule has 0 aliphatic carbocycles. The summed E-state index contributed by atoms with van der Waals surface area (Å²) in [6.07, 6.45) is -0.654. The Hall–Kier alpha value is -3.43. The molecule has 5 rings (SSSR count). The first-order valence-electron chi connectivity index (χ1n) is 10.3. The van der Waals surface area contributed by atoms with Crippen LogP contribution in [0.5, 0.6) is 5.75 Å². The normalized spacial score (nSPS) is 15.0. The lowest BCUT2D eigenvalue weighted by molar-refractivity contribution is -0.117. The Morgan fingerprint density at radius 3 is 2.12 bits per heavy atom. The minimum Gasteiger partial charge on any atom is -0.479 e. The second-order valence-corrected chi connectivity index (χ2v) is 10.3. The van der Waals surface area contributed by atoms with E-state index < -0.39 is 34.6 Å². The quantitative estimate of drug-likeness (QED) is 0.382. The van der Waals surface area contributed by atoms with Crippen LogP contribution in [0.15, 0.2) is 89.4 Å². The van der Waals surface area contributed by atoms with Crippen LogP contribution >= 0.6 is 15.9 Å². The fourth-order valence-electron chi connectivity index (χ4n) is 3.98. The monoisotopic (exact) mass is 540 g/mol. The standard InChI is InChI=1S/C25H18BrFN2O4S/c26-19-11-12-20-18(13-19)14-21(24(23(20)27)29-15-22(30)28-34(29,31)32)33-25(16-7-3-1-4-8-16)17-9-5-2-6-10-17/h1-14,25H,15H2,(H,28,30). The van der Waals surface area contributed by atoms with Gasteiger partial charge in [0.1, 0.15) is 24.1 Å². The van der Waals surface area contributed by atoms with Crippen LogP contribution in [0.1, 0.15) is 17.2 Å². The summed E-state index contributed by atoms with van der Waals surface area (Å²) in [6, 6.07) is 25.2. The predicted octanol–water partition coefficient (Wildman–Crippen LogP) is 5.09. The van der Waals surface area contributed by atoms with Crippen molar-refractivity contribution < 1.29 is 22.3 Å². The molecular weight excluding hydrogens is 523 g/mol. The fraction of sp³-hybridized carbons (Fsp3) is 0.0800. The second kappa shape index (κ2) is 8.73. The van der Waals surface area contributed by atoms with Crippen LogP contribution in [0.25, 0.3) is 10.8 Å². The summed E-state index contributed by atoms with van der Waals surface area (Å²) in [4.78, 5) is 11.9. The van der Waals surface area contributed by atoms with Crippen LogP contribution in [0.4, 0.5) is 10.1 Å². The smallest absolute Gasteiger partial charge is 0.326 e. The molecule has 0 unspecified atom stereocenters. The van der Waals surface area contributed by atoms with E-state index in [0.29, 0.717) is 9.69 Å². The maximum Gasteiger partial charge on any atom is 0.326 e. The van der Waals surface area contributed by atoms with Crippen molar-refractivity contribution in [3.63, 3.8) is 0 Å². The number of nitrogens with one attached hydrogen (secondary N) is 1. The molecule has 1 heterocycles. The van der Waals surface area contributed by atoms with E-state index in [0.717, 1.165) is 15.6 Å². The van der Waals surface area contributed by atoms with Crippen molar-refractivity contribution in [3.05, 3.63) is 106 Å². The van der Waals surface area contributed by atoms with Gasteiger partial charge in [0.25, 0.3) is 5.91 Å². The number of nitrogens with zero attached hydrogens (tertiary/aromatic N) is 1. The van der Waals surface area contributed by atoms with Crippen LogP contribution in [0.3, 0.4) is 0 Å². The van der Waals surface area contributed by atoms with E-state index in [2.05, 4.69) is 15.9 Å². The summed E-state index contributed by atoms with van der Waals surface area (Å²) in [5.41, 5.74) is 1.28. The third kappa shape index (κ3) is 4.12. The Bertz CT molecular complexity index is 1460. The molecule has 9 heteroatoms. The number of anilines is 1. The zero-order valence-electron chi connectivity index (χ0n) is 17.6. The zero-order valence-corrected chi connectivity index (χ0v) is 20.0. The van der Waals surface area contributed by atoms with Gasteiger partial charge in [0.2, 0.25) is 0 Å². The molecule has 1 aliphatic heterocycles. The summed E-state index contributed by atoms with van der Waals surface area (Å²) in [6.45, 7) is -0.543. The van der Waals surface area contributed by atoms with Crippen molar-refractivity contribution in [2.24, 2.45) is 0 Å². The second-order valence-electron chi connectivity index (χ2n) is 7.76. The summed E-state index contributed by atoms with van der Waals surface area (Å²) >= 11 is 3.39. The van der Waals surface area contributed by atoms with Gasteiger partial charge in [-0.15, -0.1) is 0 Å². The van der Waals surface area contributed by atoms with Crippen LogP contribution < -0.4 is 13.8 Å². The van der Waals surface area contributed by atoms with E-state index in [1.165, 1.54) is 0 Å². The Morgan fingerprint density at radius 1 is 0.941 bits per heavy atom. The zero-order chi connectivity index (χ0) is 23.9. The molecular formula is C25H18BrFN2O4S. The highest BCUT2D eigenvalue weighted by molar-refractivity contribution is 9.10. The van der Waals surface area contributed by atoms with E-state index in [1.54, 1.807) is 24.3 Å². The Kier molecular flexibility index (Phi) is 5.75. The maximum atomic E-state index is 15.9. The molecule has 1 saturated heterocycles. The van der Waals surface area contributed by atoms with Gasteiger partial charge >= 0.3 is 10.2 Å². The summed E-state index contributed by atoms with van der Waals surface area (Å²) in [5, 5.41) is 0.720. The van der Waals surface area contributed by atoms with Crippen LogP contribution in [-0.2, 0) is 15.0 Å². The SMILES string of the molecule is O=C1CN(c2c(OC(c3ccccc3)c3ccccc3)cc3cc(Br)ccc3c2F)S(=O)(=O)N1. The molecule has 0 bridgehead atoms. The highest BCUT2D eigenvalue weighted by Crippen LogP contribution is 2.42. The average molecular weight is 541 g/mol. The molecule has 1 N–H and O–H groups in total. The van der Waals surface area contributed by atoms with Gasteiger partial charge < -0.3 is 4.74 Å². The van der Waals surface area contributed by atoms with E-state index in [9.17, 15) is 13.2 Å². The minimum atomic E-state index is -4.27. The molecule has 0 aromatic heterocycles. The predicted molar refractivity (Wildman–Crippen MR) is 131 cm³/mol. The molecule has 1 aliphatic rings. The van der Waals surface area contributed by atoms with Gasteiger partial charge in [0, 0.05) is 9.86 Å². The van der Waals surface area contributed by atoms with Crippen molar-refractivity contribution >= 4 is 48.5 Å². The summed E-state index contributed by atoms with van der Waals surface area (Å²) < 4.78 is 50.9. The van der Waals surface area contributed by atoms with Gasteiger partial charge in [-0.25, -0.2) is 13.4 Å². The van der Waals surface area contributed by atoms with E-state index >= 15 is 4.39 Å². The highest BCUT2D eigenvalue weighted by atomic mass is 79.9. The van der Waals surface area contributed by atoms with Gasteiger partial charge in [-0.2, -0.15) is 8.42 Å². The largest absolute Gasteiger partial charge is 0.479 e. The molecule has 1 fully saturated rings. The number of carbonyl (C=O) groups is 1. The average Bonchev–Trinajstić information content (AvgIpc) is 3.09. The lowest BCUT2D eigenvalue weighted by Crippen LogP contribution is -2.30. The Balaban J connectivity index is 1.73. The molecule has 0 atom stereocenters. The van der Waals surface area contributed by atoms with Gasteiger partial charge in [-0.05, 0) is 34.7 Å². The third-order valence-corrected chi connectivity index (χ3v) is 7.37. The topological polar surface area (TPSA) is 75.7 Å². The fourth-order valence-corrected chi connectivity index (χ4v) is 5.52. The maximum absolute atomic E-state index is 15.9. The van der Waals surface area contributed by atoms with Crippen molar-refractivity contribution in [1.82, 2.24) is 4.72 Å². The molecule has 4 aromatic carbocycles. The van der Waals surface area contributed by atoms with Gasteiger partial charge in [-0.1, -0.05) is 82.7 Å². The highest BCUT2D eigenvalue weighted by Gasteiger charge is 2.38. The first kappa shape index (κ1) is 22.4. The number of ether oxygens (including phenoxy) is 1. The molecule has 1 amide bonds. The molecule has 172 valence electrons. The lowest BCUT2D eigenvalue weighted by atomic mass is 10.0. The van der Waals surface area contributed by atoms with Crippen molar-refractivity contribution in [2.75, 3.05) is 10.8 Å². The van der Waals surface area contributed by atoms with Gasteiger partial charge in [-0.3, -0.25) is 4.79 Å². The summed E-state index contributed by atoms with van der Waals surface area (Å²) in [7, 11) is -4.27. The molecule has 4 aromatic rings. The Labute approximate surface area is 204 Å². The van der Waals surface area contributed by atoms with Crippen LogP contribution in [0, 0.1) is 5.82 Å². The first-order chi connectivity index (χ1) is 16.3. The van der Waals surface area contributed by atoms with Gasteiger partial charge in [0.05, 0.1) is 0 Å². The number of fused-ring (bicyclic) bond motifs is 1. The lowest BCUT2D eigenvalue weighted by Gasteiger charge is -2.25. The summed E-state index contributed by atoms with van der Waals surface area (Å²) in [5.74, 6) is -1.54. The van der Waals surface area contributed by atoms with Crippen LogP contribution in [0.2, 0.25) is 0 Å². The number of amides is 1. The molecule has 34 heavy (non-hydrogen) atoms. The molecule has 6 nitrogen and oxygen atoms in total. The van der Waals surface area contributed by atoms with E-state index in [-0.39, 0.29) is 16.8 Å². The van der Waals surface area contributed by atoms with E-state index in [4.69, 9.17) is 4.74 Å². The number of hydrogen-bond acceptors (Lipinski definition) is 4. The van der Waals surface area contributed by atoms with Crippen LogP contribution in [-0.4, -0.2) is 20.9 Å². The number of hydrogen-bond donors (Lipinski definition) is 1. The number of halogens is 2. The van der Waals surface area contributed by atoms with Crippen molar-refractivity contribution in [2.45, 2.75) is 6.10 Å². The number of rotatable bonds is 5. The first-order valence-corrected chi connectivity index (χ1v) is 12.6. The van der Waals surface area contributed by atoms with E-state index in [1.807, 2.05) is 65.4 Å². The Morgan fingerprint density at radius 2 is 1.56 bits per heavy atom. The number of carbonyl (C=O) groups excluding carboxylic acids is 1.